The predicted molar refractivity (Wildman–Crippen MR) is 74.5 cm³/mol. The minimum atomic E-state index is -0.927. The van der Waals surface area contributed by atoms with E-state index in [1.807, 2.05) is 30.3 Å². The fraction of sp³-hybridized carbons (Fsp3) is 0.429. The minimum Gasteiger partial charge on any atom is -0.481 e. The molecular formula is C14H20N2O4. The predicted octanol–water partition coefficient (Wildman–Crippen LogP) is 1.49. The number of aliphatic carboxylic acids is 1. The topological polar surface area (TPSA) is 78.9 Å². The fourth-order valence-corrected chi connectivity index (χ4v) is 1.68. The Hall–Kier alpha value is -2.08. The van der Waals surface area contributed by atoms with Crippen LogP contribution in [0.1, 0.15) is 18.1 Å². The lowest BCUT2D eigenvalue weighted by Gasteiger charge is -2.20. The number of carboxylic acids is 1. The van der Waals surface area contributed by atoms with Gasteiger partial charge in [-0.25, -0.2) is 4.79 Å². The molecule has 0 aromatic heterocycles. The molecule has 6 nitrogen and oxygen atoms in total. The minimum absolute atomic E-state index is 0.0731. The van der Waals surface area contributed by atoms with Gasteiger partial charge in [-0.3, -0.25) is 4.79 Å². The molecule has 0 aliphatic heterocycles. The highest BCUT2D eigenvalue weighted by molar-refractivity contribution is 5.75. The number of carbonyl (C=O) groups excluding carboxylic acids is 1. The SMILES string of the molecule is COC(CNC(=O)N(C)CCC(=O)O)c1ccccc1. The highest BCUT2D eigenvalue weighted by Gasteiger charge is 2.14. The zero-order valence-corrected chi connectivity index (χ0v) is 11.7. The number of hydrogen-bond donors (Lipinski definition) is 2. The molecule has 0 bridgehead atoms. The van der Waals surface area contributed by atoms with E-state index in [0.717, 1.165) is 5.56 Å². The van der Waals surface area contributed by atoms with E-state index < -0.39 is 5.97 Å². The molecule has 110 valence electrons. The van der Waals surface area contributed by atoms with Crippen LogP contribution >= 0.6 is 0 Å². The number of nitrogens with zero attached hydrogens (tertiary/aromatic N) is 1. The van der Waals surface area contributed by atoms with E-state index in [4.69, 9.17) is 9.84 Å². The number of rotatable bonds is 7. The third-order valence-corrected chi connectivity index (χ3v) is 2.90. The molecule has 1 atom stereocenters. The van der Waals surface area contributed by atoms with E-state index in [0.29, 0.717) is 6.54 Å². The van der Waals surface area contributed by atoms with E-state index in [1.54, 1.807) is 14.2 Å². The first-order chi connectivity index (χ1) is 9.54. The van der Waals surface area contributed by atoms with Crippen molar-refractivity contribution >= 4 is 12.0 Å². The number of carbonyl (C=O) groups is 2. The Bertz CT molecular complexity index is 436. The molecule has 1 aromatic carbocycles. The first-order valence-corrected chi connectivity index (χ1v) is 6.33. The van der Waals surface area contributed by atoms with Crippen LogP contribution in [0.4, 0.5) is 4.79 Å². The Balaban J connectivity index is 2.44. The normalized spacial score (nSPS) is 11.7. The highest BCUT2D eigenvalue weighted by Crippen LogP contribution is 2.14. The molecule has 2 amide bonds. The van der Waals surface area contributed by atoms with E-state index >= 15 is 0 Å². The summed E-state index contributed by atoms with van der Waals surface area (Å²) >= 11 is 0. The van der Waals surface area contributed by atoms with Gasteiger partial charge in [-0.15, -0.1) is 0 Å². The van der Waals surface area contributed by atoms with Crippen LogP contribution in [-0.2, 0) is 9.53 Å². The molecule has 0 aliphatic rings. The van der Waals surface area contributed by atoms with Crippen LogP contribution in [0.2, 0.25) is 0 Å². The van der Waals surface area contributed by atoms with Crippen LogP contribution in [-0.4, -0.2) is 49.3 Å². The first kappa shape index (κ1) is 16.0. The van der Waals surface area contributed by atoms with Gasteiger partial charge in [0, 0.05) is 27.2 Å². The van der Waals surface area contributed by atoms with Gasteiger partial charge >= 0.3 is 12.0 Å². The van der Waals surface area contributed by atoms with Crippen LogP contribution in [0.3, 0.4) is 0 Å². The van der Waals surface area contributed by atoms with E-state index in [-0.39, 0.29) is 25.1 Å². The molecule has 0 spiro atoms. The largest absolute Gasteiger partial charge is 0.481 e. The van der Waals surface area contributed by atoms with Crippen molar-refractivity contribution in [2.45, 2.75) is 12.5 Å². The second-order valence-corrected chi connectivity index (χ2v) is 4.39. The molecular weight excluding hydrogens is 260 g/mol. The van der Waals surface area contributed by atoms with E-state index in [2.05, 4.69) is 5.32 Å². The maximum Gasteiger partial charge on any atom is 0.317 e. The van der Waals surface area contributed by atoms with Gasteiger partial charge in [-0.05, 0) is 5.56 Å². The molecule has 2 N–H and O–H groups in total. The Morgan fingerprint density at radius 1 is 1.35 bits per heavy atom. The maximum absolute atomic E-state index is 11.8. The molecule has 0 saturated carbocycles. The second kappa shape index (κ2) is 8.16. The molecule has 20 heavy (non-hydrogen) atoms. The summed E-state index contributed by atoms with van der Waals surface area (Å²) in [5.41, 5.74) is 0.975. The van der Waals surface area contributed by atoms with Crippen molar-refractivity contribution in [2.24, 2.45) is 0 Å². The molecule has 1 unspecified atom stereocenters. The number of benzene rings is 1. The van der Waals surface area contributed by atoms with E-state index in [9.17, 15) is 9.59 Å². The van der Waals surface area contributed by atoms with Crippen molar-refractivity contribution in [1.29, 1.82) is 0 Å². The average Bonchev–Trinajstić information content (AvgIpc) is 2.46. The summed E-state index contributed by atoms with van der Waals surface area (Å²) < 4.78 is 5.34. The van der Waals surface area contributed by atoms with Crippen molar-refractivity contribution < 1.29 is 19.4 Å². The molecule has 1 rings (SSSR count). The Labute approximate surface area is 118 Å². The summed E-state index contributed by atoms with van der Waals surface area (Å²) in [4.78, 5) is 23.6. The zero-order valence-electron chi connectivity index (χ0n) is 11.7. The van der Waals surface area contributed by atoms with Gasteiger partial charge in [0.05, 0.1) is 12.5 Å². The highest BCUT2D eigenvalue weighted by atomic mass is 16.5. The summed E-state index contributed by atoms with van der Waals surface area (Å²) in [6, 6.07) is 9.26. The molecule has 6 heteroatoms. The third kappa shape index (κ3) is 5.27. The number of methoxy groups -OCH3 is 1. The van der Waals surface area contributed by atoms with Crippen molar-refractivity contribution in [3.05, 3.63) is 35.9 Å². The summed E-state index contributed by atoms with van der Waals surface area (Å²) in [7, 11) is 3.14. The first-order valence-electron chi connectivity index (χ1n) is 6.33. The number of amides is 2. The molecule has 0 aliphatic carbocycles. The lowest BCUT2D eigenvalue weighted by atomic mass is 10.1. The lowest BCUT2D eigenvalue weighted by molar-refractivity contribution is -0.137. The molecule has 0 saturated heterocycles. The summed E-state index contributed by atoms with van der Waals surface area (Å²) in [5.74, 6) is -0.927. The molecule has 0 heterocycles. The van der Waals surface area contributed by atoms with Crippen molar-refractivity contribution in [3.8, 4) is 0 Å². The molecule has 1 aromatic rings. The number of urea groups is 1. The van der Waals surface area contributed by atoms with Gasteiger partial charge in [-0.2, -0.15) is 0 Å². The van der Waals surface area contributed by atoms with Crippen molar-refractivity contribution in [1.82, 2.24) is 10.2 Å². The van der Waals surface area contributed by atoms with Gasteiger partial charge in [-0.1, -0.05) is 30.3 Å². The molecule has 0 radical (unpaired) electrons. The standard InChI is InChI=1S/C14H20N2O4/c1-16(9-8-13(17)18)14(19)15-10-12(20-2)11-6-4-3-5-7-11/h3-7,12H,8-10H2,1-2H3,(H,15,19)(H,17,18). The number of carboxylic acid groups (broad SMARTS) is 1. The number of nitrogens with one attached hydrogen (secondary N) is 1. The van der Waals surface area contributed by atoms with E-state index in [1.165, 1.54) is 4.90 Å². The third-order valence-electron chi connectivity index (χ3n) is 2.90. The maximum atomic E-state index is 11.8. The van der Waals surface area contributed by atoms with Gasteiger partial charge < -0.3 is 20.1 Å². The number of hydrogen-bond acceptors (Lipinski definition) is 3. The number of ether oxygens (including phenoxy) is 1. The zero-order chi connectivity index (χ0) is 15.0. The summed E-state index contributed by atoms with van der Waals surface area (Å²) in [5, 5.41) is 11.3. The average molecular weight is 280 g/mol. The lowest BCUT2D eigenvalue weighted by Crippen LogP contribution is -2.40. The van der Waals surface area contributed by atoms with Gasteiger partial charge in [0.15, 0.2) is 0 Å². The Morgan fingerprint density at radius 2 is 2.00 bits per heavy atom. The monoisotopic (exact) mass is 280 g/mol. The van der Waals surface area contributed by atoms with Gasteiger partial charge in [0.25, 0.3) is 0 Å². The summed E-state index contributed by atoms with van der Waals surface area (Å²) in [6.45, 7) is 0.501. The second-order valence-electron chi connectivity index (χ2n) is 4.39. The van der Waals surface area contributed by atoms with Crippen LogP contribution in [0.5, 0.6) is 0 Å². The van der Waals surface area contributed by atoms with Gasteiger partial charge in [0.2, 0.25) is 0 Å². The van der Waals surface area contributed by atoms with Crippen LogP contribution in [0, 0.1) is 0 Å². The smallest absolute Gasteiger partial charge is 0.317 e. The van der Waals surface area contributed by atoms with Crippen molar-refractivity contribution in [3.63, 3.8) is 0 Å². The Kier molecular flexibility index (Phi) is 6.52. The van der Waals surface area contributed by atoms with Crippen molar-refractivity contribution in [2.75, 3.05) is 27.2 Å². The fourth-order valence-electron chi connectivity index (χ4n) is 1.68. The van der Waals surface area contributed by atoms with Crippen LogP contribution in [0.25, 0.3) is 0 Å². The van der Waals surface area contributed by atoms with Crippen LogP contribution in [0.15, 0.2) is 30.3 Å². The Morgan fingerprint density at radius 3 is 2.55 bits per heavy atom. The van der Waals surface area contributed by atoms with Crippen LogP contribution < -0.4 is 5.32 Å². The quantitative estimate of drug-likeness (QED) is 0.793. The van der Waals surface area contributed by atoms with Gasteiger partial charge in [0.1, 0.15) is 0 Å². The molecule has 0 fully saturated rings. The summed E-state index contributed by atoms with van der Waals surface area (Å²) in [6.07, 6.45) is -0.302.